The smallest absolute Gasteiger partial charge is 0.246 e. The Hall–Kier alpha value is -3.08. The molecule has 2 aromatic carbocycles. The maximum Gasteiger partial charge on any atom is 0.246 e. The first kappa shape index (κ1) is 22.7. The molecular weight excluding hydrogens is 422 g/mol. The molecule has 2 aliphatic heterocycles. The van der Waals surface area contributed by atoms with Gasteiger partial charge in [0, 0.05) is 29.6 Å². The fourth-order valence-electron chi connectivity index (χ4n) is 5.65. The molecule has 5 heteroatoms. The van der Waals surface area contributed by atoms with Crippen LogP contribution in [0.1, 0.15) is 80.8 Å². The van der Waals surface area contributed by atoms with E-state index in [9.17, 15) is 9.59 Å². The molecule has 2 aliphatic rings. The molecule has 0 radical (unpaired) electrons. The van der Waals surface area contributed by atoms with Crippen LogP contribution >= 0.6 is 0 Å². The second-order valence-electron chi connectivity index (χ2n) is 10.1. The molecular formula is C29H35N3O2. The summed E-state index contributed by atoms with van der Waals surface area (Å²) < 4.78 is 0. The summed E-state index contributed by atoms with van der Waals surface area (Å²) in [6.45, 7) is 7.40. The Morgan fingerprint density at radius 3 is 2.50 bits per heavy atom. The number of nitrogens with one attached hydrogen (secondary N) is 1. The number of nitrogens with zero attached hydrogens (tertiary/aromatic N) is 2. The number of hydrogen-bond acceptors (Lipinski definition) is 2. The number of aromatic amines is 1. The van der Waals surface area contributed by atoms with Gasteiger partial charge in [-0.3, -0.25) is 9.59 Å². The van der Waals surface area contributed by atoms with Crippen molar-refractivity contribution in [3.05, 3.63) is 70.9 Å². The van der Waals surface area contributed by atoms with Crippen LogP contribution in [0.2, 0.25) is 0 Å². The maximum atomic E-state index is 13.7. The Bertz CT molecular complexity index is 1190. The fraction of sp³-hybridized carbons (Fsp3) is 0.448. The number of rotatable bonds is 7. The van der Waals surface area contributed by atoms with Crippen LogP contribution in [0.4, 0.5) is 0 Å². The lowest BCUT2D eigenvalue weighted by atomic mass is 9.85. The number of piperazine rings is 1. The summed E-state index contributed by atoms with van der Waals surface area (Å²) in [4.78, 5) is 34.5. The predicted molar refractivity (Wildman–Crippen MR) is 136 cm³/mol. The zero-order valence-corrected chi connectivity index (χ0v) is 20.5. The number of amides is 2. The zero-order valence-electron chi connectivity index (χ0n) is 20.5. The molecule has 0 saturated carbocycles. The molecule has 1 saturated heterocycles. The Labute approximate surface area is 202 Å². The van der Waals surface area contributed by atoms with Gasteiger partial charge in [-0.1, -0.05) is 82.5 Å². The highest BCUT2D eigenvalue weighted by Crippen LogP contribution is 2.42. The Morgan fingerprint density at radius 1 is 1.00 bits per heavy atom. The van der Waals surface area contributed by atoms with Crippen molar-refractivity contribution in [2.45, 2.75) is 70.9 Å². The highest BCUT2D eigenvalue weighted by Gasteiger charge is 2.48. The van der Waals surface area contributed by atoms with Crippen molar-refractivity contribution in [1.29, 1.82) is 0 Å². The number of para-hydroxylation sites is 1. The number of fused-ring (bicyclic) bond motifs is 4. The summed E-state index contributed by atoms with van der Waals surface area (Å²) in [5.41, 5.74) is 5.61. The lowest BCUT2D eigenvalue weighted by molar-refractivity contribution is -0.158. The van der Waals surface area contributed by atoms with Crippen LogP contribution in [0, 0.1) is 0 Å². The van der Waals surface area contributed by atoms with Crippen molar-refractivity contribution in [1.82, 2.24) is 14.8 Å². The molecule has 1 fully saturated rings. The van der Waals surface area contributed by atoms with Crippen LogP contribution in [0.25, 0.3) is 10.9 Å². The number of carbonyl (C=O) groups excluding carboxylic acids is 2. The van der Waals surface area contributed by atoms with Crippen molar-refractivity contribution in [3.63, 3.8) is 0 Å². The van der Waals surface area contributed by atoms with Crippen LogP contribution in [0.3, 0.4) is 0 Å². The molecule has 0 spiro atoms. The normalized spacial score (nSPS) is 20.2. The van der Waals surface area contributed by atoms with Crippen molar-refractivity contribution >= 4 is 22.7 Å². The van der Waals surface area contributed by atoms with E-state index in [0.717, 1.165) is 41.4 Å². The van der Waals surface area contributed by atoms with Gasteiger partial charge in [-0.25, -0.2) is 0 Å². The summed E-state index contributed by atoms with van der Waals surface area (Å²) in [6.07, 6.45) is 4.94. The third kappa shape index (κ3) is 3.91. The van der Waals surface area contributed by atoms with Crippen LogP contribution in [-0.4, -0.2) is 45.7 Å². The standard InChI is InChI=1S/C29H35N3O2/c1-4-5-6-9-16-31-18-26(33)32-25(29(31)34)17-23-22-10-7-8-11-24(22)30-27(23)28(32)21-14-12-20(13-15-21)19(2)3/h7-8,10-15,19,25,28,30H,4-6,9,16-18H2,1-3H3/t25-,28?/m0/s1. The Kier molecular flexibility index (Phi) is 6.20. The van der Waals surface area contributed by atoms with E-state index in [2.05, 4.69) is 62.2 Å². The molecule has 3 heterocycles. The number of H-pyrrole nitrogens is 1. The fourth-order valence-corrected chi connectivity index (χ4v) is 5.65. The largest absolute Gasteiger partial charge is 0.356 e. The molecule has 34 heavy (non-hydrogen) atoms. The molecule has 5 rings (SSSR count). The van der Waals surface area contributed by atoms with E-state index in [-0.39, 0.29) is 24.4 Å². The summed E-state index contributed by atoms with van der Waals surface area (Å²) in [6, 6.07) is 16.1. The molecule has 178 valence electrons. The Balaban J connectivity index is 1.55. The quantitative estimate of drug-likeness (QED) is 0.473. The lowest BCUT2D eigenvalue weighted by Crippen LogP contribution is -2.63. The topological polar surface area (TPSA) is 56.4 Å². The van der Waals surface area contributed by atoms with Crippen LogP contribution in [0.15, 0.2) is 48.5 Å². The number of benzene rings is 2. The molecule has 2 atom stereocenters. The van der Waals surface area contributed by atoms with Gasteiger partial charge in [-0.2, -0.15) is 0 Å². The van der Waals surface area contributed by atoms with Crippen LogP contribution in [-0.2, 0) is 16.0 Å². The first-order valence-electron chi connectivity index (χ1n) is 12.8. The molecule has 0 aliphatic carbocycles. The third-order valence-electron chi connectivity index (χ3n) is 7.54. The average Bonchev–Trinajstić information content (AvgIpc) is 3.22. The van der Waals surface area contributed by atoms with Gasteiger partial charge >= 0.3 is 0 Å². The number of carbonyl (C=O) groups is 2. The van der Waals surface area contributed by atoms with E-state index in [1.165, 1.54) is 17.5 Å². The molecule has 0 bridgehead atoms. The van der Waals surface area contributed by atoms with Gasteiger partial charge in [0.2, 0.25) is 11.8 Å². The average molecular weight is 458 g/mol. The van der Waals surface area contributed by atoms with E-state index >= 15 is 0 Å². The first-order valence-corrected chi connectivity index (χ1v) is 12.8. The van der Waals surface area contributed by atoms with Crippen LogP contribution in [0.5, 0.6) is 0 Å². The second kappa shape index (κ2) is 9.28. The third-order valence-corrected chi connectivity index (χ3v) is 7.54. The molecule has 1 N–H and O–H groups in total. The van der Waals surface area contributed by atoms with Gasteiger partial charge in [0.15, 0.2) is 0 Å². The molecule has 2 amide bonds. The maximum absolute atomic E-state index is 13.7. The van der Waals surface area contributed by atoms with E-state index < -0.39 is 6.04 Å². The monoisotopic (exact) mass is 457 g/mol. The number of aromatic nitrogens is 1. The van der Waals surface area contributed by atoms with Gasteiger partial charge in [-0.15, -0.1) is 0 Å². The number of hydrogen-bond donors (Lipinski definition) is 1. The number of unbranched alkanes of at least 4 members (excludes halogenated alkanes) is 3. The van der Waals surface area contributed by atoms with Gasteiger partial charge in [0.05, 0.1) is 12.6 Å². The Morgan fingerprint density at radius 2 is 1.76 bits per heavy atom. The van der Waals surface area contributed by atoms with E-state index in [0.29, 0.717) is 18.9 Å². The first-order chi connectivity index (χ1) is 16.5. The van der Waals surface area contributed by atoms with Gasteiger partial charge < -0.3 is 14.8 Å². The summed E-state index contributed by atoms with van der Waals surface area (Å²) in [5, 5.41) is 1.15. The summed E-state index contributed by atoms with van der Waals surface area (Å²) >= 11 is 0. The van der Waals surface area contributed by atoms with Crippen molar-refractivity contribution in [3.8, 4) is 0 Å². The van der Waals surface area contributed by atoms with E-state index in [1.54, 1.807) is 4.90 Å². The van der Waals surface area contributed by atoms with Gasteiger partial charge in [0.25, 0.3) is 0 Å². The minimum Gasteiger partial charge on any atom is -0.356 e. The minimum atomic E-state index is -0.450. The molecule has 5 nitrogen and oxygen atoms in total. The summed E-state index contributed by atoms with van der Waals surface area (Å²) in [7, 11) is 0. The van der Waals surface area contributed by atoms with Crippen LogP contribution < -0.4 is 0 Å². The molecule has 1 unspecified atom stereocenters. The summed E-state index contributed by atoms with van der Waals surface area (Å²) in [5.74, 6) is 0.578. The lowest BCUT2D eigenvalue weighted by Gasteiger charge is -2.47. The van der Waals surface area contributed by atoms with Crippen molar-refractivity contribution in [2.24, 2.45) is 0 Å². The highest BCUT2D eigenvalue weighted by molar-refractivity contribution is 5.97. The van der Waals surface area contributed by atoms with E-state index in [4.69, 9.17) is 0 Å². The van der Waals surface area contributed by atoms with Crippen molar-refractivity contribution < 1.29 is 9.59 Å². The SMILES string of the molecule is CCCCCCN1CC(=O)N2C(c3ccc(C(C)C)cc3)c3[nH]c4ccccc4c3C[C@H]2C1=O. The van der Waals surface area contributed by atoms with Gasteiger partial charge in [-0.05, 0) is 35.1 Å². The molecule has 3 aromatic rings. The van der Waals surface area contributed by atoms with Crippen molar-refractivity contribution in [2.75, 3.05) is 13.1 Å². The highest BCUT2D eigenvalue weighted by atomic mass is 16.2. The predicted octanol–water partition coefficient (Wildman–Crippen LogP) is 5.56. The second-order valence-corrected chi connectivity index (χ2v) is 10.1. The van der Waals surface area contributed by atoms with E-state index in [1.807, 2.05) is 17.0 Å². The molecule has 1 aromatic heterocycles. The minimum absolute atomic E-state index is 0.0438. The zero-order chi connectivity index (χ0) is 23.8. The van der Waals surface area contributed by atoms with Gasteiger partial charge in [0.1, 0.15) is 6.04 Å².